The predicted octanol–water partition coefficient (Wildman–Crippen LogP) is 1.31. The summed E-state index contributed by atoms with van der Waals surface area (Å²) in [4.78, 5) is 0. The quantitative estimate of drug-likeness (QED) is 0.289. The van der Waals surface area contributed by atoms with Gasteiger partial charge in [0.25, 0.3) is 0 Å². The van der Waals surface area contributed by atoms with E-state index in [1.807, 2.05) is 0 Å². The number of allylic oxidation sites excluding steroid dienone is 2. The first-order chi connectivity index (χ1) is 8.02. The Morgan fingerprint density at radius 3 is 2.33 bits per heavy atom. The summed E-state index contributed by atoms with van der Waals surface area (Å²) in [7, 11) is 2.42. The molecule has 0 saturated carbocycles. The van der Waals surface area contributed by atoms with Crippen LogP contribution in [0.1, 0.15) is 52.4 Å². The van der Waals surface area contributed by atoms with Crippen LogP contribution >= 0.6 is 0 Å². The van der Waals surface area contributed by atoms with Crippen LogP contribution < -0.4 is 24.0 Å². The Labute approximate surface area is 131 Å². The standard InChI is InChI=1S/C16H30N.HI/c1-15(2)10-6-7-11-16(3)14-17(4)12-8-5-9-13-17;/h11H,1,5-10,12-14H2,2-4H3;1H/q+1;/p-1. The van der Waals surface area contributed by atoms with E-state index in [1.165, 1.54) is 68.2 Å². The maximum Gasteiger partial charge on any atom is 0.0998 e. The van der Waals surface area contributed by atoms with Gasteiger partial charge in [-0.1, -0.05) is 11.6 Å². The molecule has 0 aromatic rings. The Balaban J connectivity index is 0.00000289. The molecule has 0 spiro atoms. The zero-order valence-corrected chi connectivity index (χ0v) is 14.6. The number of likely N-dealkylation sites (N-methyl/N-ethyl adjacent to an activating group) is 1. The molecule has 0 aliphatic carbocycles. The van der Waals surface area contributed by atoms with E-state index < -0.39 is 0 Å². The van der Waals surface area contributed by atoms with Gasteiger partial charge in [0.2, 0.25) is 0 Å². The fraction of sp³-hybridized carbons (Fsp3) is 0.750. The highest BCUT2D eigenvalue weighted by atomic mass is 127. The fourth-order valence-electron chi connectivity index (χ4n) is 2.85. The largest absolute Gasteiger partial charge is 1.00 e. The number of unbranched alkanes of at least 4 members (excludes halogenated alkanes) is 1. The molecular weight excluding hydrogens is 333 g/mol. The Bertz CT molecular complexity index is 275. The van der Waals surface area contributed by atoms with Crippen molar-refractivity contribution in [3.63, 3.8) is 0 Å². The van der Waals surface area contributed by atoms with Gasteiger partial charge in [-0.15, -0.1) is 6.58 Å². The van der Waals surface area contributed by atoms with Crippen molar-refractivity contribution in [2.24, 2.45) is 0 Å². The number of halogens is 1. The lowest BCUT2D eigenvalue weighted by molar-refractivity contribution is -0.909. The van der Waals surface area contributed by atoms with Crippen LogP contribution in [0.15, 0.2) is 23.8 Å². The number of hydrogen-bond acceptors (Lipinski definition) is 0. The van der Waals surface area contributed by atoms with Crippen LogP contribution in [0.4, 0.5) is 0 Å². The molecule has 0 amide bonds. The predicted molar refractivity (Wildman–Crippen MR) is 77.1 cm³/mol. The van der Waals surface area contributed by atoms with Crippen LogP contribution in [0.25, 0.3) is 0 Å². The van der Waals surface area contributed by atoms with E-state index in [0.29, 0.717) is 0 Å². The van der Waals surface area contributed by atoms with Crippen LogP contribution in [0, 0.1) is 0 Å². The summed E-state index contributed by atoms with van der Waals surface area (Å²) in [5.41, 5.74) is 2.89. The fourth-order valence-corrected chi connectivity index (χ4v) is 2.85. The van der Waals surface area contributed by atoms with E-state index in [0.717, 1.165) is 0 Å². The molecule has 1 aliphatic heterocycles. The number of piperidine rings is 1. The number of likely N-dealkylation sites (tertiary alicyclic amines) is 1. The average Bonchev–Trinajstić information content (AvgIpc) is 2.24. The van der Waals surface area contributed by atoms with Gasteiger partial charge in [0.05, 0.1) is 26.7 Å². The second-order valence-corrected chi connectivity index (χ2v) is 6.19. The number of hydrogen-bond donors (Lipinski definition) is 0. The zero-order valence-electron chi connectivity index (χ0n) is 12.5. The minimum absolute atomic E-state index is 0. The van der Waals surface area contributed by atoms with E-state index in [-0.39, 0.29) is 24.0 Å². The summed E-state index contributed by atoms with van der Waals surface area (Å²) in [5.74, 6) is 0. The molecule has 1 rings (SSSR count). The molecule has 1 heterocycles. The molecule has 0 N–H and O–H groups in total. The SMILES string of the molecule is C=C(C)CCCC=C(C)C[N+]1(C)CCCCC1.[I-]. The minimum Gasteiger partial charge on any atom is -1.00 e. The summed E-state index contributed by atoms with van der Waals surface area (Å²) < 4.78 is 1.27. The molecule has 1 fully saturated rings. The smallest absolute Gasteiger partial charge is 0.0998 e. The van der Waals surface area contributed by atoms with Crippen molar-refractivity contribution in [2.45, 2.75) is 52.4 Å². The molecule has 0 atom stereocenters. The van der Waals surface area contributed by atoms with E-state index in [4.69, 9.17) is 0 Å². The normalized spacial score (nSPS) is 19.2. The highest BCUT2D eigenvalue weighted by Crippen LogP contribution is 2.18. The maximum absolute atomic E-state index is 3.95. The van der Waals surface area contributed by atoms with Crippen LogP contribution in [-0.2, 0) is 0 Å². The van der Waals surface area contributed by atoms with E-state index >= 15 is 0 Å². The summed E-state index contributed by atoms with van der Waals surface area (Å²) in [6, 6.07) is 0. The van der Waals surface area contributed by atoms with Crippen molar-refractivity contribution in [3.8, 4) is 0 Å². The van der Waals surface area contributed by atoms with Crippen molar-refractivity contribution in [2.75, 3.05) is 26.7 Å². The second-order valence-electron chi connectivity index (χ2n) is 6.19. The van der Waals surface area contributed by atoms with Crippen molar-refractivity contribution in [1.29, 1.82) is 0 Å². The van der Waals surface area contributed by atoms with E-state index in [1.54, 1.807) is 5.57 Å². The molecule has 1 aliphatic rings. The Morgan fingerprint density at radius 2 is 1.78 bits per heavy atom. The molecule has 1 nitrogen and oxygen atoms in total. The van der Waals surface area contributed by atoms with Crippen LogP contribution in [0.2, 0.25) is 0 Å². The first-order valence-corrected chi connectivity index (χ1v) is 7.15. The zero-order chi connectivity index (χ0) is 12.7. The third-order valence-corrected chi connectivity index (χ3v) is 3.83. The third-order valence-electron chi connectivity index (χ3n) is 3.83. The summed E-state index contributed by atoms with van der Waals surface area (Å²) in [6.45, 7) is 12.4. The molecule has 0 aromatic heterocycles. The van der Waals surface area contributed by atoms with Crippen LogP contribution in [-0.4, -0.2) is 31.2 Å². The van der Waals surface area contributed by atoms with Gasteiger partial charge in [-0.05, 0) is 57.9 Å². The van der Waals surface area contributed by atoms with E-state index in [9.17, 15) is 0 Å². The Morgan fingerprint density at radius 1 is 1.17 bits per heavy atom. The van der Waals surface area contributed by atoms with Gasteiger partial charge in [-0.3, -0.25) is 0 Å². The molecular formula is C16H30IN. The summed E-state index contributed by atoms with van der Waals surface area (Å²) in [6.07, 6.45) is 10.4. The number of rotatable bonds is 6. The van der Waals surface area contributed by atoms with Gasteiger partial charge in [0, 0.05) is 0 Å². The van der Waals surface area contributed by atoms with Gasteiger partial charge >= 0.3 is 0 Å². The average molecular weight is 363 g/mol. The lowest BCUT2D eigenvalue weighted by Gasteiger charge is -2.38. The van der Waals surface area contributed by atoms with Gasteiger partial charge in [0.15, 0.2) is 0 Å². The summed E-state index contributed by atoms with van der Waals surface area (Å²) >= 11 is 0. The molecule has 106 valence electrons. The lowest BCUT2D eigenvalue weighted by Crippen LogP contribution is -3.00. The van der Waals surface area contributed by atoms with E-state index in [2.05, 4.69) is 33.6 Å². The third kappa shape index (κ3) is 7.57. The van der Waals surface area contributed by atoms with Crippen molar-refractivity contribution in [1.82, 2.24) is 0 Å². The highest BCUT2D eigenvalue weighted by Gasteiger charge is 2.24. The van der Waals surface area contributed by atoms with Crippen LogP contribution in [0.3, 0.4) is 0 Å². The Hall–Kier alpha value is 0.170. The molecule has 0 aromatic carbocycles. The number of quaternary nitrogens is 1. The number of nitrogens with zero attached hydrogens (tertiary/aromatic N) is 1. The van der Waals surface area contributed by atoms with Gasteiger partial charge in [-0.25, -0.2) is 0 Å². The van der Waals surface area contributed by atoms with Gasteiger partial charge in [-0.2, -0.15) is 0 Å². The monoisotopic (exact) mass is 363 g/mol. The summed E-state index contributed by atoms with van der Waals surface area (Å²) in [5, 5.41) is 0. The van der Waals surface area contributed by atoms with Crippen molar-refractivity contribution in [3.05, 3.63) is 23.8 Å². The molecule has 1 saturated heterocycles. The van der Waals surface area contributed by atoms with Crippen LogP contribution in [0.5, 0.6) is 0 Å². The van der Waals surface area contributed by atoms with Gasteiger partial charge in [0.1, 0.15) is 0 Å². The topological polar surface area (TPSA) is 0 Å². The Kier molecular flexibility index (Phi) is 9.22. The first-order valence-electron chi connectivity index (χ1n) is 7.15. The van der Waals surface area contributed by atoms with Gasteiger partial charge < -0.3 is 28.5 Å². The maximum atomic E-state index is 3.95. The second kappa shape index (κ2) is 9.13. The molecule has 0 radical (unpaired) electrons. The highest BCUT2D eigenvalue weighted by molar-refractivity contribution is 4.99. The lowest BCUT2D eigenvalue weighted by atomic mass is 10.1. The first kappa shape index (κ1) is 18.2. The molecule has 2 heteroatoms. The molecule has 18 heavy (non-hydrogen) atoms. The molecule has 0 unspecified atom stereocenters. The molecule has 0 bridgehead atoms. The van der Waals surface area contributed by atoms with Crippen molar-refractivity contribution >= 4 is 0 Å². The minimum atomic E-state index is 0. The van der Waals surface area contributed by atoms with Crippen molar-refractivity contribution < 1.29 is 28.5 Å².